The highest BCUT2D eigenvalue weighted by atomic mass is 32.1. The van der Waals surface area contributed by atoms with Gasteiger partial charge in [-0.15, -0.1) is 11.3 Å². The number of methoxy groups -OCH3 is 2. The maximum atomic E-state index is 12.0. The Labute approximate surface area is 125 Å². The third-order valence-electron chi connectivity index (χ3n) is 2.63. The summed E-state index contributed by atoms with van der Waals surface area (Å²) in [4.78, 5) is 17.6. The van der Waals surface area contributed by atoms with Crippen LogP contribution in [0, 0.1) is 0 Å². The summed E-state index contributed by atoms with van der Waals surface area (Å²) in [7, 11) is 2.98. The monoisotopic (exact) mass is 306 g/mol. The van der Waals surface area contributed by atoms with Crippen LogP contribution in [0.15, 0.2) is 40.9 Å². The molecule has 0 aliphatic carbocycles. The number of hydrogen-bond acceptors (Lipinski definition) is 6. The molecule has 2 rings (SSSR count). The number of carbonyl (C=O) groups is 1. The van der Waals surface area contributed by atoms with Crippen LogP contribution >= 0.6 is 11.3 Å². The molecule has 0 amide bonds. The van der Waals surface area contributed by atoms with Crippen molar-refractivity contribution in [2.45, 2.75) is 0 Å². The smallest absolute Gasteiger partial charge is 0.369 e. The summed E-state index contributed by atoms with van der Waals surface area (Å²) < 4.78 is 10.2. The zero-order chi connectivity index (χ0) is 15.2. The van der Waals surface area contributed by atoms with Crippen molar-refractivity contribution >= 4 is 23.1 Å². The predicted octanol–water partition coefficient (Wildman–Crippen LogP) is 2.24. The van der Waals surface area contributed by atoms with E-state index in [0.29, 0.717) is 11.5 Å². The van der Waals surface area contributed by atoms with Gasteiger partial charge >= 0.3 is 5.97 Å². The van der Waals surface area contributed by atoms with Crippen molar-refractivity contribution in [2.75, 3.05) is 14.2 Å². The van der Waals surface area contributed by atoms with Gasteiger partial charge in [-0.3, -0.25) is 0 Å². The van der Waals surface area contributed by atoms with Gasteiger partial charge in [0, 0.05) is 6.07 Å². The zero-order valence-electron chi connectivity index (χ0n) is 11.5. The first kappa shape index (κ1) is 14.9. The fourth-order valence-electron chi connectivity index (χ4n) is 1.58. The summed E-state index contributed by atoms with van der Waals surface area (Å²) in [5.41, 5.74) is 5.95. The number of nitrogens with zero attached hydrogens (tertiary/aromatic N) is 1. The van der Waals surface area contributed by atoms with Crippen molar-refractivity contribution in [3.05, 3.63) is 46.2 Å². The lowest BCUT2D eigenvalue weighted by atomic mass is 10.2. The lowest BCUT2D eigenvalue weighted by Crippen LogP contribution is -2.14. The molecule has 0 unspecified atom stereocenters. The van der Waals surface area contributed by atoms with Crippen molar-refractivity contribution in [3.8, 4) is 11.5 Å². The maximum absolute atomic E-state index is 12.0. The number of rotatable bonds is 5. The number of nitrogens with two attached hydrogens (primary N) is 1. The summed E-state index contributed by atoms with van der Waals surface area (Å²) in [6, 6.07) is 8.37. The number of oxime groups is 1. The fraction of sp³-hybridized carbons (Fsp3) is 0.143. The molecule has 110 valence electrons. The second-order valence-corrected chi connectivity index (χ2v) is 4.85. The van der Waals surface area contributed by atoms with Crippen LogP contribution in [0.1, 0.15) is 15.2 Å². The number of benzene rings is 1. The molecule has 2 aromatic rings. The molecule has 0 aliphatic rings. The van der Waals surface area contributed by atoms with E-state index in [4.69, 9.17) is 20.0 Å². The van der Waals surface area contributed by atoms with E-state index in [1.807, 2.05) is 11.4 Å². The summed E-state index contributed by atoms with van der Waals surface area (Å²) in [5, 5.41) is 5.48. The predicted molar refractivity (Wildman–Crippen MR) is 80.0 cm³/mol. The molecule has 1 heterocycles. The molecule has 0 aliphatic heterocycles. The first-order valence-electron chi connectivity index (χ1n) is 5.96. The van der Waals surface area contributed by atoms with Gasteiger partial charge in [-0.05, 0) is 23.6 Å². The molecule has 0 saturated carbocycles. The Bertz CT molecular complexity index is 653. The third kappa shape index (κ3) is 3.51. The van der Waals surface area contributed by atoms with Crippen molar-refractivity contribution in [2.24, 2.45) is 10.9 Å². The van der Waals surface area contributed by atoms with Crippen LogP contribution in [0.5, 0.6) is 11.5 Å². The molecule has 2 N–H and O–H groups in total. The van der Waals surface area contributed by atoms with Gasteiger partial charge < -0.3 is 20.0 Å². The minimum atomic E-state index is -0.658. The largest absolute Gasteiger partial charge is 0.497 e. The SMILES string of the molecule is COc1ccc(C(=O)O/N=C(\N)c2cccs2)c(OC)c1. The summed E-state index contributed by atoms with van der Waals surface area (Å²) >= 11 is 1.40. The van der Waals surface area contributed by atoms with Gasteiger partial charge in [-0.25, -0.2) is 4.79 Å². The average molecular weight is 306 g/mol. The molecule has 0 fully saturated rings. The number of ether oxygens (including phenoxy) is 2. The van der Waals surface area contributed by atoms with Crippen molar-refractivity contribution in [3.63, 3.8) is 0 Å². The summed E-state index contributed by atoms with van der Waals surface area (Å²) in [6.45, 7) is 0. The van der Waals surface area contributed by atoms with E-state index >= 15 is 0 Å². The van der Waals surface area contributed by atoms with E-state index in [1.54, 1.807) is 18.2 Å². The molecular weight excluding hydrogens is 292 g/mol. The fourth-order valence-corrected chi connectivity index (χ4v) is 2.20. The van der Waals surface area contributed by atoms with Crippen LogP contribution in [0.2, 0.25) is 0 Å². The van der Waals surface area contributed by atoms with Crippen LogP contribution < -0.4 is 15.2 Å². The standard InChI is InChI=1S/C14H14N2O4S/c1-18-9-5-6-10(11(8-9)19-2)14(17)20-16-13(15)12-4-3-7-21-12/h3-8H,1-2H3,(H2,15,16). The Morgan fingerprint density at radius 1 is 1.24 bits per heavy atom. The van der Waals surface area contributed by atoms with E-state index < -0.39 is 5.97 Å². The van der Waals surface area contributed by atoms with Gasteiger partial charge in [-0.1, -0.05) is 11.2 Å². The van der Waals surface area contributed by atoms with Gasteiger partial charge in [-0.2, -0.15) is 0 Å². The Morgan fingerprint density at radius 2 is 2.05 bits per heavy atom. The highest BCUT2D eigenvalue weighted by Gasteiger charge is 2.15. The highest BCUT2D eigenvalue weighted by Crippen LogP contribution is 2.25. The van der Waals surface area contributed by atoms with Crippen LogP contribution in [0.25, 0.3) is 0 Å². The zero-order valence-corrected chi connectivity index (χ0v) is 12.3. The second-order valence-electron chi connectivity index (χ2n) is 3.90. The van der Waals surface area contributed by atoms with E-state index in [9.17, 15) is 4.79 Å². The summed E-state index contributed by atoms with van der Waals surface area (Å²) in [6.07, 6.45) is 0. The molecule has 1 aromatic carbocycles. The molecule has 0 saturated heterocycles. The Morgan fingerprint density at radius 3 is 2.67 bits per heavy atom. The van der Waals surface area contributed by atoms with Crippen LogP contribution in [-0.4, -0.2) is 26.0 Å². The average Bonchev–Trinajstić information content (AvgIpc) is 3.06. The maximum Gasteiger partial charge on any atom is 0.369 e. The van der Waals surface area contributed by atoms with Crippen LogP contribution in [0.3, 0.4) is 0 Å². The number of hydrogen-bond donors (Lipinski definition) is 1. The van der Waals surface area contributed by atoms with E-state index in [1.165, 1.54) is 31.6 Å². The van der Waals surface area contributed by atoms with E-state index in [2.05, 4.69) is 5.16 Å². The number of amidine groups is 1. The lowest BCUT2D eigenvalue weighted by molar-refractivity contribution is 0.0512. The Kier molecular flexibility index (Phi) is 4.78. The first-order chi connectivity index (χ1) is 10.2. The van der Waals surface area contributed by atoms with Gasteiger partial charge in [0.15, 0.2) is 5.84 Å². The third-order valence-corrected chi connectivity index (χ3v) is 3.52. The second kappa shape index (κ2) is 6.76. The first-order valence-corrected chi connectivity index (χ1v) is 6.84. The van der Waals surface area contributed by atoms with Crippen molar-refractivity contribution in [1.82, 2.24) is 0 Å². The number of carbonyl (C=O) groups excluding carboxylic acids is 1. The van der Waals surface area contributed by atoms with E-state index in [-0.39, 0.29) is 11.4 Å². The molecule has 6 nitrogen and oxygen atoms in total. The van der Waals surface area contributed by atoms with Gasteiger partial charge in [0.1, 0.15) is 17.1 Å². The minimum Gasteiger partial charge on any atom is -0.497 e. The van der Waals surface area contributed by atoms with Crippen LogP contribution in [-0.2, 0) is 4.84 Å². The highest BCUT2D eigenvalue weighted by molar-refractivity contribution is 7.12. The quantitative estimate of drug-likeness (QED) is 0.396. The topological polar surface area (TPSA) is 83.1 Å². The minimum absolute atomic E-state index is 0.144. The van der Waals surface area contributed by atoms with Crippen molar-refractivity contribution in [1.29, 1.82) is 0 Å². The molecule has 0 radical (unpaired) electrons. The lowest BCUT2D eigenvalue weighted by Gasteiger charge is -2.08. The van der Waals surface area contributed by atoms with E-state index in [0.717, 1.165) is 4.88 Å². The van der Waals surface area contributed by atoms with Crippen LogP contribution in [0.4, 0.5) is 0 Å². The molecular formula is C14H14N2O4S. The van der Waals surface area contributed by atoms with Gasteiger partial charge in [0.25, 0.3) is 0 Å². The Balaban J connectivity index is 2.15. The van der Waals surface area contributed by atoms with Gasteiger partial charge in [0.05, 0.1) is 19.1 Å². The molecule has 0 bridgehead atoms. The van der Waals surface area contributed by atoms with Gasteiger partial charge in [0.2, 0.25) is 0 Å². The molecule has 1 aromatic heterocycles. The molecule has 0 atom stereocenters. The summed E-state index contributed by atoms with van der Waals surface area (Å²) in [5.74, 6) is 0.397. The van der Waals surface area contributed by atoms with Crippen molar-refractivity contribution < 1.29 is 19.1 Å². The molecule has 0 spiro atoms. The number of thiophene rings is 1. The molecule has 7 heteroatoms. The Hall–Kier alpha value is -2.54. The normalized spacial score (nSPS) is 11.0. The molecule has 21 heavy (non-hydrogen) atoms.